The van der Waals surface area contributed by atoms with Gasteiger partial charge in [-0.3, -0.25) is 19.3 Å². The number of carbonyl (C=O) groups is 3. The van der Waals surface area contributed by atoms with Crippen molar-refractivity contribution in [1.29, 1.82) is 0 Å². The van der Waals surface area contributed by atoms with E-state index in [1.807, 2.05) is 66.7 Å². The van der Waals surface area contributed by atoms with Crippen LogP contribution in [0, 0.1) is 5.41 Å². The molecular formula is C30H29N3O3. The number of benzene rings is 3. The quantitative estimate of drug-likeness (QED) is 0.476. The van der Waals surface area contributed by atoms with Crippen LogP contribution < -0.4 is 15.5 Å². The molecule has 0 fully saturated rings. The van der Waals surface area contributed by atoms with Crippen molar-refractivity contribution in [3.05, 3.63) is 101 Å². The molecule has 1 heterocycles. The fraction of sp³-hybridized carbons (Fsp3) is 0.233. The molecule has 0 saturated carbocycles. The summed E-state index contributed by atoms with van der Waals surface area (Å²) < 4.78 is 0. The number of hydrogen-bond acceptors (Lipinski definition) is 4. The number of amides is 2. The lowest BCUT2D eigenvalue weighted by Crippen LogP contribution is -2.38. The highest BCUT2D eigenvalue weighted by molar-refractivity contribution is 6.06. The molecule has 2 aliphatic rings. The SMILES string of the molecule is CC(=O)N1c2ccccc2NC2=C(C(=O)CC(C)(C)C2)C1c1ccc(C(=O)Nc2ccccc2)cc1. The second-order valence-corrected chi connectivity index (χ2v) is 10.2. The van der Waals surface area contributed by atoms with E-state index in [1.54, 1.807) is 17.0 Å². The van der Waals surface area contributed by atoms with Crippen LogP contribution in [0.25, 0.3) is 0 Å². The largest absolute Gasteiger partial charge is 0.357 e. The van der Waals surface area contributed by atoms with Gasteiger partial charge in [-0.1, -0.05) is 56.3 Å². The standard InChI is InChI=1S/C30H29N3O3/c1-19(34)33-25-12-8-7-11-23(25)32-24-17-30(2,3)18-26(35)27(24)28(33)20-13-15-21(16-14-20)29(36)31-22-9-5-4-6-10-22/h4-16,28,32H,17-18H2,1-3H3,(H,31,36). The van der Waals surface area contributed by atoms with Crippen LogP contribution in [0.15, 0.2) is 90.1 Å². The summed E-state index contributed by atoms with van der Waals surface area (Å²) in [6, 6.07) is 23.5. The van der Waals surface area contributed by atoms with E-state index >= 15 is 0 Å². The zero-order chi connectivity index (χ0) is 25.4. The van der Waals surface area contributed by atoms with Crippen LogP contribution in [-0.2, 0) is 9.59 Å². The first kappa shape index (κ1) is 23.5. The minimum atomic E-state index is -0.594. The van der Waals surface area contributed by atoms with Crippen molar-refractivity contribution < 1.29 is 14.4 Å². The van der Waals surface area contributed by atoms with Crippen molar-refractivity contribution in [2.75, 3.05) is 15.5 Å². The topological polar surface area (TPSA) is 78.5 Å². The Balaban J connectivity index is 1.59. The Labute approximate surface area is 211 Å². The number of fused-ring (bicyclic) bond motifs is 1. The Bertz CT molecular complexity index is 1370. The Kier molecular flexibility index (Phi) is 5.96. The van der Waals surface area contributed by atoms with Gasteiger partial charge in [-0.2, -0.15) is 0 Å². The molecule has 1 aliphatic heterocycles. The van der Waals surface area contributed by atoms with Gasteiger partial charge in [-0.05, 0) is 53.8 Å². The van der Waals surface area contributed by atoms with E-state index in [-0.39, 0.29) is 23.0 Å². The van der Waals surface area contributed by atoms with Crippen LogP contribution >= 0.6 is 0 Å². The number of nitrogens with one attached hydrogen (secondary N) is 2. The summed E-state index contributed by atoms with van der Waals surface area (Å²) in [5.74, 6) is -0.352. The van der Waals surface area contributed by atoms with Crippen LogP contribution in [0.1, 0.15) is 55.6 Å². The zero-order valence-electron chi connectivity index (χ0n) is 20.7. The Morgan fingerprint density at radius 2 is 1.58 bits per heavy atom. The molecule has 182 valence electrons. The summed E-state index contributed by atoms with van der Waals surface area (Å²) in [5.41, 5.74) is 4.78. The second-order valence-electron chi connectivity index (χ2n) is 10.2. The first-order valence-electron chi connectivity index (χ1n) is 12.1. The van der Waals surface area contributed by atoms with E-state index in [0.29, 0.717) is 29.7 Å². The van der Waals surface area contributed by atoms with E-state index < -0.39 is 6.04 Å². The fourth-order valence-electron chi connectivity index (χ4n) is 5.19. The van der Waals surface area contributed by atoms with Gasteiger partial charge in [-0.25, -0.2) is 0 Å². The Morgan fingerprint density at radius 3 is 2.28 bits per heavy atom. The summed E-state index contributed by atoms with van der Waals surface area (Å²) in [6.45, 7) is 5.70. The minimum absolute atomic E-state index is 0.0312. The predicted molar refractivity (Wildman–Crippen MR) is 142 cm³/mol. The number of ketones is 1. The molecule has 0 bridgehead atoms. The molecule has 3 aromatic rings. The number of allylic oxidation sites excluding steroid dienone is 1. The molecule has 3 aromatic carbocycles. The first-order chi connectivity index (χ1) is 17.2. The lowest BCUT2D eigenvalue weighted by molar-refractivity contribution is -0.118. The maximum atomic E-state index is 13.6. The lowest BCUT2D eigenvalue weighted by atomic mass is 9.73. The van der Waals surface area contributed by atoms with Crippen molar-refractivity contribution in [2.45, 2.75) is 39.7 Å². The number of para-hydroxylation sites is 3. The van der Waals surface area contributed by atoms with E-state index in [1.165, 1.54) is 6.92 Å². The van der Waals surface area contributed by atoms with Crippen molar-refractivity contribution >= 4 is 34.7 Å². The average molecular weight is 480 g/mol. The average Bonchev–Trinajstić information content (AvgIpc) is 2.98. The molecular weight excluding hydrogens is 450 g/mol. The molecule has 6 nitrogen and oxygen atoms in total. The molecule has 1 atom stereocenters. The first-order valence-corrected chi connectivity index (χ1v) is 12.1. The van der Waals surface area contributed by atoms with Gasteiger partial charge in [0, 0.05) is 35.9 Å². The minimum Gasteiger partial charge on any atom is -0.357 e. The number of anilines is 3. The molecule has 2 amide bonds. The normalized spacial score (nSPS) is 18.5. The van der Waals surface area contributed by atoms with Gasteiger partial charge < -0.3 is 10.6 Å². The van der Waals surface area contributed by atoms with E-state index in [9.17, 15) is 14.4 Å². The summed E-state index contributed by atoms with van der Waals surface area (Å²) >= 11 is 0. The highest BCUT2D eigenvalue weighted by atomic mass is 16.2. The van der Waals surface area contributed by atoms with E-state index in [4.69, 9.17) is 0 Å². The van der Waals surface area contributed by atoms with Crippen molar-refractivity contribution in [2.24, 2.45) is 5.41 Å². The van der Waals surface area contributed by atoms with Gasteiger partial charge >= 0.3 is 0 Å². The van der Waals surface area contributed by atoms with Crippen molar-refractivity contribution in [3.63, 3.8) is 0 Å². The van der Waals surface area contributed by atoms with Crippen LogP contribution in [0.4, 0.5) is 17.1 Å². The molecule has 0 saturated heterocycles. The van der Waals surface area contributed by atoms with Crippen molar-refractivity contribution in [3.8, 4) is 0 Å². The number of carbonyl (C=O) groups excluding carboxylic acids is 3. The van der Waals surface area contributed by atoms with Gasteiger partial charge in [0.2, 0.25) is 5.91 Å². The Hall–Kier alpha value is -4.19. The molecule has 0 aromatic heterocycles. The Morgan fingerprint density at radius 1 is 0.917 bits per heavy atom. The molecule has 2 N–H and O–H groups in total. The second kappa shape index (κ2) is 9.11. The van der Waals surface area contributed by atoms with Crippen LogP contribution in [-0.4, -0.2) is 17.6 Å². The summed E-state index contributed by atoms with van der Waals surface area (Å²) in [6.07, 6.45) is 1.10. The monoisotopic (exact) mass is 479 g/mol. The maximum Gasteiger partial charge on any atom is 0.255 e. The molecule has 0 spiro atoms. The van der Waals surface area contributed by atoms with E-state index in [2.05, 4.69) is 24.5 Å². The zero-order valence-corrected chi connectivity index (χ0v) is 20.7. The lowest BCUT2D eigenvalue weighted by Gasteiger charge is -2.36. The third-order valence-electron chi connectivity index (χ3n) is 6.76. The van der Waals surface area contributed by atoms with E-state index in [0.717, 1.165) is 22.6 Å². The van der Waals surface area contributed by atoms with Gasteiger partial charge in [0.15, 0.2) is 5.78 Å². The predicted octanol–water partition coefficient (Wildman–Crippen LogP) is 6.10. The molecule has 5 rings (SSSR count). The smallest absolute Gasteiger partial charge is 0.255 e. The number of Topliss-reactive ketones (excluding diaryl/α,β-unsaturated/α-hetero) is 1. The fourth-order valence-corrected chi connectivity index (χ4v) is 5.19. The van der Waals surface area contributed by atoms with Gasteiger partial charge in [0.1, 0.15) is 0 Å². The summed E-state index contributed by atoms with van der Waals surface area (Å²) in [7, 11) is 0. The molecule has 6 heteroatoms. The maximum absolute atomic E-state index is 13.6. The van der Waals surface area contributed by atoms with Crippen LogP contribution in [0.5, 0.6) is 0 Å². The van der Waals surface area contributed by atoms with Crippen LogP contribution in [0.3, 0.4) is 0 Å². The number of hydrogen-bond donors (Lipinski definition) is 2. The van der Waals surface area contributed by atoms with Gasteiger partial charge in [0.25, 0.3) is 5.91 Å². The highest BCUT2D eigenvalue weighted by Crippen LogP contribution is 2.48. The molecule has 36 heavy (non-hydrogen) atoms. The molecule has 1 aliphatic carbocycles. The van der Waals surface area contributed by atoms with Crippen molar-refractivity contribution in [1.82, 2.24) is 0 Å². The third kappa shape index (κ3) is 4.42. The molecule has 0 radical (unpaired) electrons. The summed E-state index contributed by atoms with van der Waals surface area (Å²) in [5, 5.41) is 6.38. The molecule has 1 unspecified atom stereocenters. The van der Waals surface area contributed by atoms with Gasteiger partial charge in [-0.15, -0.1) is 0 Å². The third-order valence-corrected chi connectivity index (χ3v) is 6.76. The van der Waals surface area contributed by atoms with Gasteiger partial charge in [0.05, 0.1) is 17.4 Å². The summed E-state index contributed by atoms with van der Waals surface area (Å²) in [4.78, 5) is 41.2. The number of nitrogens with zero attached hydrogens (tertiary/aromatic N) is 1. The highest BCUT2D eigenvalue weighted by Gasteiger charge is 2.42. The number of rotatable bonds is 3. The van der Waals surface area contributed by atoms with Crippen LogP contribution in [0.2, 0.25) is 0 Å².